The lowest BCUT2D eigenvalue weighted by molar-refractivity contribution is 0.0365. The van der Waals surface area contributed by atoms with Crippen LogP contribution in [0.15, 0.2) is 10.9 Å². The summed E-state index contributed by atoms with van der Waals surface area (Å²) in [6.45, 7) is 3.62. The molecule has 0 atom stereocenters. The van der Waals surface area contributed by atoms with Crippen LogP contribution in [0.4, 0.5) is 0 Å². The first-order valence-corrected chi connectivity index (χ1v) is 5.20. The number of aromatic nitrogens is 1. The van der Waals surface area contributed by atoms with Crippen LogP contribution >= 0.6 is 11.3 Å². The van der Waals surface area contributed by atoms with Gasteiger partial charge >= 0.3 is 0 Å². The first-order valence-electron chi connectivity index (χ1n) is 4.26. The topological polar surface area (TPSA) is 53.4 Å². The summed E-state index contributed by atoms with van der Waals surface area (Å²) in [5, 5.41) is 11.2. The van der Waals surface area contributed by atoms with Gasteiger partial charge in [0.25, 0.3) is 5.91 Å². The Labute approximate surface area is 87.2 Å². The number of carbonyl (C=O) groups is 1. The molecule has 0 aromatic carbocycles. The van der Waals surface area contributed by atoms with Crippen LogP contribution in [0.25, 0.3) is 0 Å². The van der Waals surface area contributed by atoms with Crippen LogP contribution in [0.2, 0.25) is 0 Å². The van der Waals surface area contributed by atoms with E-state index in [1.54, 1.807) is 31.8 Å². The highest BCUT2D eigenvalue weighted by Crippen LogP contribution is 2.08. The molecule has 0 spiro atoms. The number of hydrogen-bond acceptors (Lipinski definition) is 4. The summed E-state index contributed by atoms with van der Waals surface area (Å²) < 4.78 is 0. The Morgan fingerprint density at radius 2 is 2.36 bits per heavy atom. The third kappa shape index (κ3) is 3.08. The van der Waals surface area contributed by atoms with E-state index in [1.807, 2.05) is 0 Å². The number of likely N-dealkylation sites (N-methyl/N-ethyl adjacent to an activating group) is 1. The molecule has 0 aliphatic rings. The van der Waals surface area contributed by atoms with Gasteiger partial charge in [-0.2, -0.15) is 0 Å². The molecule has 1 rings (SSSR count). The molecule has 0 unspecified atom stereocenters. The molecule has 0 saturated carbocycles. The summed E-state index contributed by atoms with van der Waals surface area (Å²) in [7, 11) is 1.65. The average Bonchev–Trinajstić information content (AvgIpc) is 2.51. The fourth-order valence-corrected chi connectivity index (χ4v) is 1.69. The molecule has 1 N–H and O–H groups in total. The predicted octanol–water partition coefficient (Wildman–Crippen LogP) is 0.986. The fourth-order valence-electron chi connectivity index (χ4n) is 1.17. The van der Waals surface area contributed by atoms with Crippen molar-refractivity contribution in [3.05, 3.63) is 16.6 Å². The van der Waals surface area contributed by atoms with E-state index in [0.29, 0.717) is 12.2 Å². The predicted molar refractivity (Wildman–Crippen MR) is 55.4 cm³/mol. The normalized spacial score (nSPS) is 11.4. The second-order valence-corrected chi connectivity index (χ2v) is 4.57. The van der Waals surface area contributed by atoms with Crippen LogP contribution in [0, 0.1) is 0 Å². The summed E-state index contributed by atoms with van der Waals surface area (Å²) in [6, 6.07) is 0. The minimum absolute atomic E-state index is 0.159. The lowest BCUT2D eigenvalue weighted by Gasteiger charge is -2.24. The summed E-state index contributed by atoms with van der Waals surface area (Å²) >= 11 is 1.38. The molecule has 0 aliphatic carbocycles. The Bertz CT molecular complexity index is 303. The standard InChI is InChI=1S/C9H14N2O2S/c1-9(2,13)5-11(3)8(12)7-4-14-6-10-7/h4,6,13H,5H2,1-3H3. The molecule has 14 heavy (non-hydrogen) atoms. The summed E-state index contributed by atoms with van der Waals surface area (Å²) in [6.07, 6.45) is 0. The van der Waals surface area contributed by atoms with Gasteiger partial charge in [0.15, 0.2) is 0 Å². The van der Waals surface area contributed by atoms with Gasteiger partial charge in [0.2, 0.25) is 0 Å². The van der Waals surface area contributed by atoms with Crippen molar-refractivity contribution < 1.29 is 9.90 Å². The molecule has 1 heterocycles. The number of amides is 1. The molecule has 0 aliphatic heterocycles. The maximum atomic E-state index is 11.6. The van der Waals surface area contributed by atoms with Crippen LogP contribution in [0.3, 0.4) is 0 Å². The molecule has 4 nitrogen and oxygen atoms in total. The fraction of sp³-hybridized carbons (Fsp3) is 0.556. The monoisotopic (exact) mass is 214 g/mol. The van der Waals surface area contributed by atoms with E-state index in [4.69, 9.17) is 0 Å². The quantitative estimate of drug-likeness (QED) is 0.816. The number of hydrogen-bond donors (Lipinski definition) is 1. The van der Waals surface area contributed by atoms with Gasteiger partial charge in [0, 0.05) is 19.0 Å². The summed E-state index contributed by atoms with van der Waals surface area (Å²) in [4.78, 5) is 17.0. The highest BCUT2D eigenvalue weighted by molar-refractivity contribution is 7.07. The SMILES string of the molecule is CN(CC(C)(C)O)C(=O)c1cscn1. The lowest BCUT2D eigenvalue weighted by atomic mass is 10.1. The minimum Gasteiger partial charge on any atom is -0.389 e. The van der Waals surface area contributed by atoms with Gasteiger partial charge in [-0.3, -0.25) is 4.79 Å². The van der Waals surface area contributed by atoms with Crippen LogP contribution < -0.4 is 0 Å². The Morgan fingerprint density at radius 3 is 2.79 bits per heavy atom. The zero-order valence-electron chi connectivity index (χ0n) is 8.52. The molecular weight excluding hydrogens is 200 g/mol. The minimum atomic E-state index is -0.875. The second kappa shape index (κ2) is 4.06. The van der Waals surface area contributed by atoms with Crippen molar-refractivity contribution in [1.29, 1.82) is 0 Å². The summed E-state index contributed by atoms with van der Waals surface area (Å²) in [5.41, 5.74) is 1.17. The van der Waals surface area contributed by atoms with Crippen molar-refractivity contribution in [1.82, 2.24) is 9.88 Å². The van der Waals surface area contributed by atoms with E-state index in [1.165, 1.54) is 16.2 Å². The molecular formula is C9H14N2O2S. The zero-order chi connectivity index (χ0) is 10.8. The molecule has 1 amide bonds. The lowest BCUT2D eigenvalue weighted by Crippen LogP contribution is -2.39. The largest absolute Gasteiger partial charge is 0.389 e. The van der Waals surface area contributed by atoms with Gasteiger partial charge in [0.05, 0.1) is 11.1 Å². The van der Waals surface area contributed by atoms with Crippen molar-refractivity contribution in [3.8, 4) is 0 Å². The number of carbonyl (C=O) groups excluding carboxylic acids is 1. The average molecular weight is 214 g/mol. The van der Waals surface area contributed by atoms with Gasteiger partial charge in [-0.05, 0) is 13.8 Å². The van der Waals surface area contributed by atoms with E-state index in [2.05, 4.69) is 4.98 Å². The second-order valence-electron chi connectivity index (χ2n) is 3.85. The number of rotatable bonds is 3. The first kappa shape index (κ1) is 11.1. The third-order valence-corrected chi connectivity index (χ3v) is 2.21. The Hall–Kier alpha value is -0.940. The van der Waals surface area contributed by atoms with Gasteiger partial charge in [0.1, 0.15) is 5.69 Å². The van der Waals surface area contributed by atoms with Crippen LogP contribution in [-0.2, 0) is 0 Å². The van der Waals surface area contributed by atoms with E-state index >= 15 is 0 Å². The maximum Gasteiger partial charge on any atom is 0.273 e. The molecule has 0 saturated heterocycles. The number of thiazole rings is 1. The Balaban J connectivity index is 2.63. The van der Waals surface area contributed by atoms with Crippen molar-refractivity contribution in [3.63, 3.8) is 0 Å². The van der Waals surface area contributed by atoms with Crippen molar-refractivity contribution in [2.75, 3.05) is 13.6 Å². The maximum absolute atomic E-state index is 11.6. The highest BCUT2D eigenvalue weighted by atomic mass is 32.1. The molecule has 78 valence electrons. The van der Waals surface area contributed by atoms with Gasteiger partial charge in [-0.15, -0.1) is 11.3 Å². The van der Waals surface area contributed by atoms with Crippen LogP contribution in [0.1, 0.15) is 24.3 Å². The van der Waals surface area contributed by atoms with Crippen LogP contribution in [-0.4, -0.2) is 40.1 Å². The van der Waals surface area contributed by atoms with E-state index in [0.717, 1.165) is 0 Å². The van der Waals surface area contributed by atoms with Gasteiger partial charge < -0.3 is 10.0 Å². The molecule has 1 aromatic heterocycles. The Kier molecular flexibility index (Phi) is 3.23. The van der Waals surface area contributed by atoms with E-state index < -0.39 is 5.60 Å². The van der Waals surface area contributed by atoms with E-state index in [-0.39, 0.29) is 5.91 Å². The van der Waals surface area contributed by atoms with Gasteiger partial charge in [-0.1, -0.05) is 0 Å². The Morgan fingerprint density at radius 1 is 1.71 bits per heavy atom. The smallest absolute Gasteiger partial charge is 0.273 e. The molecule has 5 heteroatoms. The van der Waals surface area contributed by atoms with Crippen molar-refractivity contribution >= 4 is 17.2 Å². The molecule has 0 radical (unpaired) electrons. The summed E-state index contributed by atoms with van der Waals surface area (Å²) in [5.74, 6) is -0.159. The first-order chi connectivity index (χ1) is 6.40. The number of aliphatic hydroxyl groups is 1. The van der Waals surface area contributed by atoms with Crippen molar-refractivity contribution in [2.45, 2.75) is 19.4 Å². The third-order valence-electron chi connectivity index (χ3n) is 1.62. The molecule has 0 bridgehead atoms. The van der Waals surface area contributed by atoms with Crippen molar-refractivity contribution in [2.24, 2.45) is 0 Å². The highest BCUT2D eigenvalue weighted by Gasteiger charge is 2.21. The number of nitrogens with zero attached hydrogens (tertiary/aromatic N) is 2. The molecule has 0 fully saturated rings. The zero-order valence-corrected chi connectivity index (χ0v) is 9.34. The van der Waals surface area contributed by atoms with Gasteiger partial charge in [-0.25, -0.2) is 4.98 Å². The molecule has 1 aromatic rings. The van der Waals surface area contributed by atoms with Crippen LogP contribution in [0.5, 0.6) is 0 Å². The van der Waals surface area contributed by atoms with E-state index in [9.17, 15) is 9.90 Å².